The minimum absolute atomic E-state index is 0.180. The Morgan fingerprint density at radius 3 is 2.30 bits per heavy atom. The third-order valence-electron chi connectivity index (χ3n) is 4.08. The molecular formula is C14H18ClF3N2. The second kappa shape index (κ2) is 6.33. The van der Waals surface area contributed by atoms with Crippen molar-refractivity contribution in [1.82, 2.24) is 5.43 Å². The molecule has 1 aliphatic rings. The third kappa shape index (κ3) is 3.45. The average Bonchev–Trinajstić information content (AvgIpc) is 2.41. The van der Waals surface area contributed by atoms with Gasteiger partial charge in [-0.25, -0.2) is 0 Å². The van der Waals surface area contributed by atoms with E-state index in [2.05, 4.69) is 5.43 Å². The largest absolute Gasteiger partial charge is 0.392 e. The summed E-state index contributed by atoms with van der Waals surface area (Å²) in [4.78, 5) is 0. The molecule has 0 radical (unpaired) electrons. The molecule has 3 atom stereocenters. The van der Waals surface area contributed by atoms with Crippen LogP contribution >= 0.6 is 11.6 Å². The van der Waals surface area contributed by atoms with Gasteiger partial charge in [-0.15, -0.1) is 0 Å². The molecule has 0 saturated heterocycles. The van der Waals surface area contributed by atoms with Gasteiger partial charge in [-0.3, -0.25) is 11.3 Å². The van der Waals surface area contributed by atoms with Crippen molar-refractivity contribution in [2.45, 2.75) is 37.9 Å². The number of hydrogen-bond donors (Lipinski definition) is 2. The van der Waals surface area contributed by atoms with E-state index in [1.165, 1.54) is 0 Å². The molecule has 0 aromatic heterocycles. The Kier molecular flexibility index (Phi) is 4.94. The van der Waals surface area contributed by atoms with Crippen LogP contribution in [0.3, 0.4) is 0 Å². The molecule has 112 valence electrons. The molecular weight excluding hydrogens is 289 g/mol. The molecule has 3 unspecified atom stereocenters. The molecule has 1 aromatic rings. The van der Waals surface area contributed by atoms with Crippen LogP contribution in [-0.4, -0.2) is 6.18 Å². The van der Waals surface area contributed by atoms with E-state index >= 15 is 0 Å². The lowest BCUT2D eigenvalue weighted by Crippen LogP contribution is -2.42. The molecule has 0 heterocycles. The molecule has 2 nitrogen and oxygen atoms in total. The van der Waals surface area contributed by atoms with E-state index in [-0.39, 0.29) is 6.42 Å². The smallest absolute Gasteiger partial charge is 0.271 e. The first-order valence-electron chi connectivity index (χ1n) is 6.72. The first kappa shape index (κ1) is 15.6. The van der Waals surface area contributed by atoms with Crippen molar-refractivity contribution in [2.75, 3.05) is 0 Å². The Morgan fingerprint density at radius 2 is 1.75 bits per heavy atom. The summed E-state index contributed by atoms with van der Waals surface area (Å²) in [6.07, 6.45) is -2.03. The van der Waals surface area contributed by atoms with Crippen molar-refractivity contribution in [3.8, 4) is 0 Å². The maximum Gasteiger partial charge on any atom is 0.392 e. The molecule has 1 fully saturated rings. The summed E-state index contributed by atoms with van der Waals surface area (Å²) in [6, 6.07) is 6.31. The number of nitrogens with one attached hydrogen (secondary N) is 1. The standard InChI is InChI=1S/C14H18ClF3N2/c15-10-7-5-9(6-8-10)13(20-19)11-3-1-2-4-12(11)14(16,17)18/h5-8,11-13,20H,1-4,19H2. The highest BCUT2D eigenvalue weighted by atomic mass is 35.5. The maximum absolute atomic E-state index is 13.2. The maximum atomic E-state index is 13.2. The van der Waals surface area contributed by atoms with Crippen LogP contribution in [0.15, 0.2) is 24.3 Å². The van der Waals surface area contributed by atoms with Gasteiger partial charge in [0, 0.05) is 11.1 Å². The van der Waals surface area contributed by atoms with Gasteiger partial charge < -0.3 is 0 Å². The highest BCUT2D eigenvalue weighted by molar-refractivity contribution is 6.30. The van der Waals surface area contributed by atoms with Gasteiger partial charge in [0.25, 0.3) is 0 Å². The summed E-state index contributed by atoms with van der Waals surface area (Å²) in [6.45, 7) is 0. The van der Waals surface area contributed by atoms with Crippen molar-refractivity contribution < 1.29 is 13.2 Å². The summed E-state index contributed by atoms with van der Waals surface area (Å²) in [5, 5.41) is 0.556. The summed E-state index contributed by atoms with van der Waals surface area (Å²) in [5.74, 6) is 3.70. The summed E-state index contributed by atoms with van der Waals surface area (Å²) in [5.41, 5.74) is 3.31. The van der Waals surface area contributed by atoms with E-state index in [1.807, 2.05) is 0 Å². The number of benzene rings is 1. The summed E-state index contributed by atoms with van der Waals surface area (Å²) < 4.78 is 39.5. The fourth-order valence-corrected chi connectivity index (χ4v) is 3.23. The molecule has 3 N–H and O–H groups in total. The second-order valence-electron chi connectivity index (χ2n) is 5.29. The van der Waals surface area contributed by atoms with Gasteiger partial charge in [0.15, 0.2) is 0 Å². The third-order valence-corrected chi connectivity index (χ3v) is 4.33. The zero-order valence-electron chi connectivity index (χ0n) is 11.0. The van der Waals surface area contributed by atoms with E-state index in [1.54, 1.807) is 24.3 Å². The first-order valence-corrected chi connectivity index (χ1v) is 7.09. The summed E-state index contributed by atoms with van der Waals surface area (Å²) in [7, 11) is 0. The molecule has 0 aliphatic heterocycles. The monoisotopic (exact) mass is 306 g/mol. The van der Waals surface area contributed by atoms with Crippen LogP contribution in [0.4, 0.5) is 13.2 Å². The SMILES string of the molecule is NNC(c1ccc(Cl)cc1)C1CCCCC1C(F)(F)F. The van der Waals surface area contributed by atoms with Crippen LogP contribution in [0.5, 0.6) is 0 Å². The van der Waals surface area contributed by atoms with E-state index in [9.17, 15) is 13.2 Å². The van der Waals surface area contributed by atoms with Crippen molar-refractivity contribution in [1.29, 1.82) is 0 Å². The van der Waals surface area contributed by atoms with Gasteiger partial charge in [-0.2, -0.15) is 13.2 Å². The van der Waals surface area contributed by atoms with Gasteiger partial charge in [-0.1, -0.05) is 36.6 Å². The lowest BCUT2D eigenvalue weighted by Gasteiger charge is -2.38. The Balaban J connectivity index is 2.26. The molecule has 0 spiro atoms. The Morgan fingerprint density at radius 1 is 1.15 bits per heavy atom. The highest BCUT2D eigenvalue weighted by Crippen LogP contribution is 2.46. The van der Waals surface area contributed by atoms with Gasteiger partial charge in [0.1, 0.15) is 0 Å². The number of hydrazine groups is 1. The molecule has 1 aromatic carbocycles. The van der Waals surface area contributed by atoms with Crippen LogP contribution in [-0.2, 0) is 0 Å². The Hall–Kier alpha value is -0.780. The molecule has 1 saturated carbocycles. The average molecular weight is 307 g/mol. The van der Waals surface area contributed by atoms with Crippen molar-refractivity contribution in [3.05, 3.63) is 34.9 Å². The molecule has 2 rings (SSSR count). The van der Waals surface area contributed by atoms with Crippen LogP contribution in [0, 0.1) is 11.8 Å². The Labute approximate surface area is 121 Å². The minimum atomic E-state index is -4.17. The normalized spacial score (nSPS) is 25.4. The van der Waals surface area contributed by atoms with E-state index < -0.39 is 24.1 Å². The zero-order valence-corrected chi connectivity index (χ0v) is 11.7. The topological polar surface area (TPSA) is 38.0 Å². The van der Waals surface area contributed by atoms with Gasteiger partial charge in [0.2, 0.25) is 0 Å². The quantitative estimate of drug-likeness (QED) is 0.648. The number of rotatable bonds is 3. The number of hydrogen-bond acceptors (Lipinski definition) is 2. The van der Waals surface area contributed by atoms with Gasteiger partial charge in [0.05, 0.1) is 5.92 Å². The molecule has 20 heavy (non-hydrogen) atoms. The number of alkyl halides is 3. The molecule has 0 amide bonds. The highest BCUT2D eigenvalue weighted by Gasteiger charge is 2.47. The predicted molar refractivity (Wildman–Crippen MR) is 73.0 cm³/mol. The molecule has 0 bridgehead atoms. The molecule has 6 heteroatoms. The van der Waals surface area contributed by atoms with Gasteiger partial charge >= 0.3 is 6.18 Å². The predicted octanol–water partition coefficient (Wildman–Crippen LogP) is 4.21. The van der Waals surface area contributed by atoms with Crippen LogP contribution in [0.1, 0.15) is 37.3 Å². The van der Waals surface area contributed by atoms with Crippen molar-refractivity contribution in [2.24, 2.45) is 17.7 Å². The number of halogens is 4. The fraction of sp³-hybridized carbons (Fsp3) is 0.571. The zero-order chi connectivity index (χ0) is 14.8. The lowest BCUT2D eigenvalue weighted by atomic mass is 9.73. The van der Waals surface area contributed by atoms with Gasteiger partial charge in [-0.05, 0) is 36.5 Å². The lowest BCUT2D eigenvalue weighted by molar-refractivity contribution is -0.199. The summed E-state index contributed by atoms with van der Waals surface area (Å²) >= 11 is 5.81. The van der Waals surface area contributed by atoms with Crippen LogP contribution in [0.2, 0.25) is 5.02 Å². The first-order chi connectivity index (χ1) is 9.43. The van der Waals surface area contributed by atoms with Crippen LogP contribution in [0.25, 0.3) is 0 Å². The number of nitrogens with two attached hydrogens (primary N) is 1. The van der Waals surface area contributed by atoms with E-state index in [0.29, 0.717) is 17.9 Å². The van der Waals surface area contributed by atoms with Crippen LogP contribution < -0.4 is 11.3 Å². The van der Waals surface area contributed by atoms with Crippen molar-refractivity contribution in [3.63, 3.8) is 0 Å². The van der Waals surface area contributed by atoms with E-state index in [0.717, 1.165) is 12.0 Å². The minimum Gasteiger partial charge on any atom is -0.271 e. The van der Waals surface area contributed by atoms with E-state index in [4.69, 9.17) is 17.4 Å². The Bertz CT molecular complexity index is 433. The van der Waals surface area contributed by atoms with Crippen molar-refractivity contribution >= 4 is 11.6 Å². The second-order valence-corrected chi connectivity index (χ2v) is 5.73. The fourth-order valence-electron chi connectivity index (χ4n) is 3.10. The molecule has 1 aliphatic carbocycles.